The van der Waals surface area contributed by atoms with Crippen LogP contribution in [0.15, 0.2) is 46.9 Å². The van der Waals surface area contributed by atoms with Crippen LogP contribution in [0.4, 0.5) is 14.5 Å². The van der Waals surface area contributed by atoms with Crippen molar-refractivity contribution in [2.24, 2.45) is 0 Å². The van der Waals surface area contributed by atoms with Gasteiger partial charge in [0.1, 0.15) is 11.6 Å². The summed E-state index contributed by atoms with van der Waals surface area (Å²) in [6, 6.07) is 11.1. The topological polar surface area (TPSA) is 32.3 Å². The van der Waals surface area contributed by atoms with Crippen LogP contribution in [0.3, 0.4) is 0 Å². The zero-order valence-corrected chi connectivity index (χ0v) is 11.5. The van der Waals surface area contributed by atoms with Crippen LogP contribution >= 0.6 is 15.9 Å². The molecule has 2 N–H and O–H groups in total. The largest absolute Gasteiger partial charge is 0.387 e. The first kappa shape index (κ1) is 14.0. The minimum absolute atomic E-state index is 0.138. The number of hydrogen-bond donors (Lipinski definition) is 2. The van der Waals surface area contributed by atoms with Crippen molar-refractivity contribution in [3.05, 3.63) is 64.1 Å². The molecule has 2 aromatic rings. The fraction of sp³-hybridized carbons (Fsp3) is 0.143. The van der Waals surface area contributed by atoms with E-state index in [4.69, 9.17) is 0 Å². The highest BCUT2D eigenvalue weighted by molar-refractivity contribution is 9.10. The van der Waals surface area contributed by atoms with E-state index in [9.17, 15) is 13.9 Å². The summed E-state index contributed by atoms with van der Waals surface area (Å²) in [5.74, 6) is -1.35. The minimum atomic E-state index is -0.760. The predicted molar refractivity (Wildman–Crippen MR) is 73.9 cm³/mol. The molecule has 0 aliphatic carbocycles. The molecule has 0 fully saturated rings. The number of benzene rings is 2. The van der Waals surface area contributed by atoms with Gasteiger partial charge in [-0.3, -0.25) is 0 Å². The Morgan fingerprint density at radius 3 is 2.47 bits per heavy atom. The van der Waals surface area contributed by atoms with Crippen molar-refractivity contribution >= 4 is 21.6 Å². The summed E-state index contributed by atoms with van der Waals surface area (Å²) in [7, 11) is 0. The summed E-state index contributed by atoms with van der Waals surface area (Å²) in [5, 5.41) is 12.7. The average molecular weight is 328 g/mol. The van der Waals surface area contributed by atoms with E-state index in [1.165, 1.54) is 6.07 Å². The van der Waals surface area contributed by atoms with Crippen molar-refractivity contribution in [3.63, 3.8) is 0 Å². The van der Waals surface area contributed by atoms with Gasteiger partial charge in [-0.1, -0.05) is 30.3 Å². The lowest BCUT2D eigenvalue weighted by atomic mass is 10.1. The molecule has 1 atom stereocenters. The van der Waals surface area contributed by atoms with E-state index in [-0.39, 0.29) is 16.7 Å². The highest BCUT2D eigenvalue weighted by Crippen LogP contribution is 2.24. The monoisotopic (exact) mass is 327 g/mol. The maximum Gasteiger partial charge on any atom is 0.149 e. The molecule has 0 radical (unpaired) electrons. The van der Waals surface area contributed by atoms with Crippen molar-refractivity contribution in [2.75, 3.05) is 11.9 Å². The Kier molecular flexibility index (Phi) is 4.50. The first-order chi connectivity index (χ1) is 9.08. The fourth-order valence-electron chi connectivity index (χ4n) is 1.66. The molecule has 0 heterocycles. The summed E-state index contributed by atoms with van der Waals surface area (Å²) in [5.41, 5.74) is 0.875. The van der Waals surface area contributed by atoms with E-state index in [1.54, 1.807) is 12.1 Å². The van der Waals surface area contributed by atoms with E-state index in [2.05, 4.69) is 21.2 Å². The third-order valence-electron chi connectivity index (χ3n) is 2.68. The van der Waals surface area contributed by atoms with Gasteiger partial charge in [0, 0.05) is 12.6 Å². The van der Waals surface area contributed by atoms with Gasteiger partial charge in [0.25, 0.3) is 0 Å². The molecular weight excluding hydrogens is 316 g/mol. The maximum atomic E-state index is 13.5. The van der Waals surface area contributed by atoms with Gasteiger partial charge in [-0.15, -0.1) is 0 Å². The molecule has 0 saturated carbocycles. The standard InChI is InChI=1S/C14H12BrF2NO/c15-10-6-13(12(17)7-11(10)16)18-8-14(19)9-4-2-1-3-5-9/h1-7,14,18-19H,8H2. The van der Waals surface area contributed by atoms with Gasteiger partial charge in [-0.2, -0.15) is 0 Å². The molecule has 1 unspecified atom stereocenters. The van der Waals surface area contributed by atoms with E-state index in [0.717, 1.165) is 11.6 Å². The van der Waals surface area contributed by atoms with E-state index >= 15 is 0 Å². The Bertz CT molecular complexity index is 563. The highest BCUT2D eigenvalue weighted by Gasteiger charge is 2.11. The number of hydrogen-bond acceptors (Lipinski definition) is 2. The second-order valence-electron chi connectivity index (χ2n) is 4.05. The van der Waals surface area contributed by atoms with Crippen molar-refractivity contribution < 1.29 is 13.9 Å². The number of anilines is 1. The van der Waals surface area contributed by atoms with Crippen LogP contribution < -0.4 is 5.32 Å². The van der Waals surface area contributed by atoms with Gasteiger partial charge in [-0.05, 0) is 27.6 Å². The molecule has 0 aliphatic heterocycles. The molecule has 0 bridgehead atoms. The Morgan fingerprint density at radius 2 is 1.79 bits per heavy atom. The number of aliphatic hydroxyl groups excluding tert-OH is 1. The molecular formula is C14H12BrF2NO. The molecule has 2 aromatic carbocycles. The first-order valence-corrected chi connectivity index (χ1v) is 6.48. The van der Waals surface area contributed by atoms with Gasteiger partial charge < -0.3 is 10.4 Å². The smallest absolute Gasteiger partial charge is 0.149 e. The van der Waals surface area contributed by atoms with E-state index in [0.29, 0.717) is 0 Å². The van der Waals surface area contributed by atoms with E-state index < -0.39 is 17.7 Å². The van der Waals surface area contributed by atoms with Crippen molar-refractivity contribution in [3.8, 4) is 0 Å². The average Bonchev–Trinajstić information content (AvgIpc) is 2.42. The fourth-order valence-corrected chi connectivity index (χ4v) is 2.00. The van der Waals surface area contributed by atoms with Crippen LogP contribution in [0.1, 0.15) is 11.7 Å². The van der Waals surface area contributed by atoms with Gasteiger partial charge in [-0.25, -0.2) is 8.78 Å². The first-order valence-electron chi connectivity index (χ1n) is 5.69. The van der Waals surface area contributed by atoms with Crippen LogP contribution in [-0.2, 0) is 0 Å². The molecule has 0 spiro atoms. The highest BCUT2D eigenvalue weighted by atomic mass is 79.9. The Labute approximate surface area is 118 Å². The molecule has 19 heavy (non-hydrogen) atoms. The molecule has 2 nitrogen and oxygen atoms in total. The van der Waals surface area contributed by atoms with Crippen molar-refractivity contribution in [1.82, 2.24) is 0 Å². The number of halogens is 3. The van der Waals surface area contributed by atoms with Gasteiger partial charge in [0.05, 0.1) is 16.3 Å². The maximum absolute atomic E-state index is 13.5. The molecule has 0 aromatic heterocycles. The van der Waals surface area contributed by atoms with Crippen LogP contribution in [0.25, 0.3) is 0 Å². The Morgan fingerprint density at radius 1 is 1.11 bits per heavy atom. The zero-order chi connectivity index (χ0) is 13.8. The normalized spacial score (nSPS) is 12.2. The Hall–Kier alpha value is -1.46. The van der Waals surface area contributed by atoms with Gasteiger partial charge in [0.2, 0.25) is 0 Å². The summed E-state index contributed by atoms with van der Waals surface area (Å²) >= 11 is 2.99. The Balaban J connectivity index is 2.05. The van der Waals surface area contributed by atoms with Crippen molar-refractivity contribution in [1.29, 1.82) is 0 Å². The molecule has 0 aliphatic rings. The van der Waals surface area contributed by atoms with Gasteiger partial charge >= 0.3 is 0 Å². The summed E-state index contributed by atoms with van der Waals surface area (Å²) < 4.78 is 26.7. The van der Waals surface area contributed by atoms with Gasteiger partial charge in [0.15, 0.2) is 0 Å². The molecule has 0 saturated heterocycles. The molecule has 100 valence electrons. The van der Waals surface area contributed by atoms with E-state index in [1.807, 2.05) is 18.2 Å². The zero-order valence-electron chi connectivity index (χ0n) is 9.91. The van der Waals surface area contributed by atoms with Crippen LogP contribution in [0.5, 0.6) is 0 Å². The third-order valence-corrected chi connectivity index (χ3v) is 3.29. The second-order valence-corrected chi connectivity index (χ2v) is 4.91. The number of aliphatic hydroxyl groups is 1. The second kappa shape index (κ2) is 6.12. The van der Waals surface area contributed by atoms with Crippen LogP contribution in [0.2, 0.25) is 0 Å². The number of nitrogens with one attached hydrogen (secondary N) is 1. The quantitative estimate of drug-likeness (QED) is 0.835. The summed E-state index contributed by atoms with van der Waals surface area (Å²) in [6.45, 7) is 0.138. The third kappa shape index (κ3) is 3.52. The summed E-state index contributed by atoms with van der Waals surface area (Å²) in [6.07, 6.45) is -0.760. The lowest BCUT2D eigenvalue weighted by Gasteiger charge is -2.14. The lowest BCUT2D eigenvalue weighted by molar-refractivity contribution is 0.191. The summed E-state index contributed by atoms with van der Waals surface area (Å²) in [4.78, 5) is 0. The molecule has 0 amide bonds. The van der Waals surface area contributed by atoms with Crippen molar-refractivity contribution in [2.45, 2.75) is 6.10 Å². The molecule has 2 rings (SSSR count). The van der Waals surface area contributed by atoms with Crippen LogP contribution in [-0.4, -0.2) is 11.7 Å². The SMILES string of the molecule is OC(CNc1cc(Br)c(F)cc1F)c1ccccc1. The predicted octanol–water partition coefficient (Wildman–Crippen LogP) is 3.87. The lowest BCUT2D eigenvalue weighted by Crippen LogP contribution is -2.13. The molecule has 5 heteroatoms. The minimum Gasteiger partial charge on any atom is -0.387 e. The number of rotatable bonds is 4. The van der Waals surface area contributed by atoms with Crippen LogP contribution in [0, 0.1) is 11.6 Å².